The smallest absolute Gasteiger partial charge is 0.411 e. The third-order valence-electron chi connectivity index (χ3n) is 7.79. The van der Waals surface area contributed by atoms with Gasteiger partial charge < -0.3 is 41.0 Å². The van der Waals surface area contributed by atoms with E-state index < -0.39 is 41.4 Å². The summed E-state index contributed by atoms with van der Waals surface area (Å²) in [5, 5.41) is 28.8. The van der Waals surface area contributed by atoms with Crippen molar-refractivity contribution in [2.75, 3.05) is 39.3 Å². The molecular formula is C34H62N6O10. The van der Waals surface area contributed by atoms with Crippen LogP contribution in [0.1, 0.15) is 107 Å². The molecule has 4 rings (SSSR count). The summed E-state index contributed by atoms with van der Waals surface area (Å²) >= 11 is 0. The summed E-state index contributed by atoms with van der Waals surface area (Å²) in [6.07, 6.45) is 5.76. The van der Waals surface area contributed by atoms with Crippen LogP contribution in [0.25, 0.3) is 0 Å². The van der Waals surface area contributed by atoms with Gasteiger partial charge in [-0.1, -0.05) is 0 Å². The molecular weight excluding hydrogens is 652 g/mol. The summed E-state index contributed by atoms with van der Waals surface area (Å²) in [4.78, 5) is 70.1. The molecule has 4 atom stereocenters. The number of ether oxygens (including phenoxy) is 2. The number of aliphatic carboxylic acids is 2. The van der Waals surface area contributed by atoms with Crippen LogP contribution in [0.5, 0.6) is 0 Å². The molecule has 6 N–H and O–H groups in total. The van der Waals surface area contributed by atoms with Gasteiger partial charge in [-0.15, -0.1) is 0 Å². The highest BCUT2D eigenvalue weighted by Crippen LogP contribution is 2.22. The number of amides is 4. The Hall–Kier alpha value is -3.66. The van der Waals surface area contributed by atoms with Crippen molar-refractivity contribution in [3.63, 3.8) is 0 Å². The summed E-state index contributed by atoms with van der Waals surface area (Å²) in [6.45, 7) is 18.8. The predicted octanol–water partition coefficient (Wildman–Crippen LogP) is 2.69. The van der Waals surface area contributed by atoms with E-state index in [1.54, 1.807) is 20.8 Å². The average molecular weight is 715 g/mol. The van der Waals surface area contributed by atoms with Crippen molar-refractivity contribution in [2.45, 2.75) is 142 Å². The molecule has 16 heteroatoms. The maximum Gasteiger partial charge on any atom is 0.411 e. The molecule has 0 saturated carbocycles. The highest BCUT2D eigenvalue weighted by Gasteiger charge is 2.37. The average Bonchev–Trinajstić information content (AvgIpc) is 3.84. The number of likely N-dealkylation sites (N-methyl/N-ethyl adjacent to an activating group) is 2. The van der Waals surface area contributed by atoms with Gasteiger partial charge >= 0.3 is 24.1 Å². The van der Waals surface area contributed by atoms with E-state index in [1.165, 1.54) is 9.80 Å². The van der Waals surface area contributed by atoms with Crippen LogP contribution in [0.15, 0.2) is 0 Å². The van der Waals surface area contributed by atoms with Crippen LogP contribution < -0.4 is 21.3 Å². The first-order valence-corrected chi connectivity index (χ1v) is 17.8. The molecule has 0 aromatic rings. The largest absolute Gasteiger partial charge is 0.480 e. The quantitative estimate of drug-likeness (QED) is 0.234. The monoisotopic (exact) mass is 714 g/mol. The summed E-state index contributed by atoms with van der Waals surface area (Å²) in [5.41, 5.74) is -1.10. The molecule has 4 aliphatic rings. The van der Waals surface area contributed by atoms with Crippen LogP contribution >= 0.6 is 0 Å². The number of likely N-dealkylation sites (tertiary alicyclic amines) is 2. The fourth-order valence-electron chi connectivity index (χ4n) is 5.53. The molecule has 4 fully saturated rings. The molecule has 0 aromatic heterocycles. The Morgan fingerprint density at radius 1 is 0.620 bits per heavy atom. The first-order chi connectivity index (χ1) is 23.3. The van der Waals surface area contributed by atoms with Crippen molar-refractivity contribution in [1.82, 2.24) is 31.1 Å². The summed E-state index contributed by atoms with van der Waals surface area (Å²) in [7, 11) is 0. The number of carbonyl (C=O) groups excluding carboxylic acids is 4. The van der Waals surface area contributed by atoms with Crippen LogP contribution in [-0.2, 0) is 28.7 Å². The Labute approximate surface area is 296 Å². The minimum Gasteiger partial charge on any atom is -0.480 e. The molecule has 288 valence electrons. The number of carbonyl (C=O) groups is 6. The standard InChI is InChI=1S/C12H22N2O3.C10H17NO4.C7H14N2O.C5H9NO2/c1-5-13-10(15)9-7-6-8-14(9)11(16)17-12(2,3)4;1-10(2,3)15-9(14)11-6-4-5-7(11)8(12)13;1-2-8-7(10)6-4-3-5-9-6;7-5(8)4-2-1-3-6-4/h9H,5-8H2,1-4H3,(H,13,15);7H,4-6H2,1-3H3,(H,12,13);6,9H,2-5H2,1H3,(H,8,10);4,6H,1-3H2,(H,7,8)/t9-;7-;6-;4-/m1111/s1. The van der Waals surface area contributed by atoms with E-state index in [2.05, 4.69) is 21.3 Å². The zero-order chi connectivity index (χ0) is 38.1. The van der Waals surface area contributed by atoms with Gasteiger partial charge in [0.15, 0.2) is 0 Å². The lowest BCUT2D eigenvalue weighted by Gasteiger charge is -2.27. The van der Waals surface area contributed by atoms with E-state index in [-0.39, 0.29) is 29.9 Å². The van der Waals surface area contributed by atoms with Crippen LogP contribution in [-0.4, -0.2) is 131 Å². The van der Waals surface area contributed by atoms with Crippen molar-refractivity contribution in [3.05, 3.63) is 0 Å². The minimum absolute atomic E-state index is 0.0833. The summed E-state index contributed by atoms with van der Waals surface area (Å²) in [5.74, 6) is -1.61. The van der Waals surface area contributed by atoms with Crippen molar-refractivity contribution >= 4 is 35.9 Å². The molecule has 0 radical (unpaired) electrons. The van der Waals surface area contributed by atoms with Crippen molar-refractivity contribution in [2.24, 2.45) is 0 Å². The predicted molar refractivity (Wildman–Crippen MR) is 187 cm³/mol. The molecule has 4 aliphatic heterocycles. The third-order valence-corrected chi connectivity index (χ3v) is 7.79. The number of hydrogen-bond donors (Lipinski definition) is 6. The van der Waals surface area contributed by atoms with Crippen molar-refractivity contribution in [1.29, 1.82) is 0 Å². The Balaban J connectivity index is 0.000000346. The highest BCUT2D eigenvalue weighted by atomic mass is 16.6. The van der Waals surface area contributed by atoms with Gasteiger partial charge in [-0.25, -0.2) is 14.4 Å². The molecule has 0 aromatic carbocycles. The van der Waals surface area contributed by atoms with Crippen molar-refractivity contribution < 1.29 is 48.5 Å². The number of hydrogen-bond acceptors (Lipinski definition) is 10. The first-order valence-electron chi connectivity index (χ1n) is 17.8. The molecule has 4 heterocycles. The topological polar surface area (TPSA) is 216 Å². The third kappa shape index (κ3) is 16.8. The van der Waals surface area contributed by atoms with Gasteiger partial charge in [0.1, 0.15) is 29.3 Å². The van der Waals surface area contributed by atoms with Crippen molar-refractivity contribution in [3.8, 4) is 0 Å². The molecule has 0 spiro atoms. The van der Waals surface area contributed by atoms with E-state index in [0.717, 1.165) is 58.2 Å². The van der Waals surface area contributed by atoms with Gasteiger partial charge in [0.2, 0.25) is 11.8 Å². The van der Waals surface area contributed by atoms with Gasteiger partial charge in [-0.05, 0) is 120 Å². The summed E-state index contributed by atoms with van der Waals surface area (Å²) < 4.78 is 10.4. The van der Waals surface area contributed by atoms with Crippen LogP contribution in [0.4, 0.5) is 9.59 Å². The van der Waals surface area contributed by atoms with Crippen LogP contribution in [0.2, 0.25) is 0 Å². The molecule has 0 bridgehead atoms. The van der Waals surface area contributed by atoms with Gasteiger partial charge in [-0.3, -0.25) is 24.2 Å². The maximum atomic E-state index is 11.9. The lowest BCUT2D eigenvalue weighted by Crippen LogP contribution is -2.47. The highest BCUT2D eigenvalue weighted by molar-refractivity contribution is 5.86. The maximum absolute atomic E-state index is 11.9. The van der Waals surface area contributed by atoms with Crippen LogP contribution in [0, 0.1) is 0 Å². The van der Waals surface area contributed by atoms with E-state index in [9.17, 15) is 28.8 Å². The van der Waals surface area contributed by atoms with Gasteiger partial charge in [0.25, 0.3) is 0 Å². The molecule has 16 nitrogen and oxygen atoms in total. The zero-order valence-electron chi connectivity index (χ0n) is 31.3. The lowest BCUT2D eigenvalue weighted by atomic mass is 10.2. The van der Waals surface area contributed by atoms with E-state index in [1.807, 2.05) is 34.6 Å². The second-order valence-electron chi connectivity index (χ2n) is 14.4. The van der Waals surface area contributed by atoms with Gasteiger partial charge in [-0.2, -0.15) is 0 Å². The second-order valence-corrected chi connectivity index (χ2v) is 14.4. The molecule has 4 amide bonds. The minimum atomic E-state index is -0.960. The van der Waals surface area contributed by atoms with Crippen LogP contribution in [0.3, 0.4) is 0 Å². The first kappa shape index (κ1) is 44.4. The Bertz CT molecular complexity index is 1110. The Kier molecular flexibility index (Phi) is 19.1. The molecule has 4 saturated heterocycles. The summed E-state index contributed by atoms with van der Waals surface area (Å²) in [6, 6.07) is -1.28. The Morgan fingerprint density at radius 2 is 1.04 bits per heavy atom. The number of nitrogens with one attached hydrogen (secondary N) is 4. The lowest BCUT2D eigenvalue weighted by molar-refractivity contribution is -0.142. The van der Waals surface area contributed by atoms with E-state index in [4.69, 9.17) is 19.7 Å². The van der Waals surface area contributed by atoms with Gasteiger partial charge in [0.05, 0.1) is 6.04 Å². The number of nitrogens with zero attached hydrogens (tertiary/aromatic N) is 2. The second kappa shape index (κ2) is 21.5. The molecule has 50 heavy (non-hydrogen) atoms. The molecule has 0 unspecified atom stereocenters. The normalized spacial score (nSPS) is 22.8. The fourth-order valence-corrected chi connectivity index (χ4v) is 5.53. The number of carboxylic acid groups (broad SMARTS) is 2. The van der Waals surface area contributed by atoms with E-state index >= 15 is 0 Å². The molecule has 0 aliphatic carbocycles. The van der Waals surface area contributed by atoms with Gasteiger partial charge in [0, 0.05) is 26.2 Å². The number of carboxylic acids is 2. The van der Waals surface area contributed by atoms with E-state index in [0.29, 0.717) is 32.5 Å². The SMILES string of the molecule is CC(C)(C)OC(=O)N1CCC[C@@H]1C(=O)O.CCNC(=O)[C@H]1CCCN1.CCNC(=O)[C@H]1CCCN1C(=O)OC(C)(C)C.O=C(O)[C@H]1CCCN1. The number of rotatable bonds is 6. The fraction of sp³-hybridized carbons (Fsp3) is 0.824. The Morgan fingerprint density at radius 3 is 1.40 bits per heavy atom. The zero-order valence-corrected chi connectivity index (χ0v) is 31.3.